The van der Waals surface area contributed by atoms with Crippen LogP contribution < -0.4 is 4.72 Å². The third kappa shape index (κ3) is 4.43. The lowest BCUT2D eigenvalue weighted by Gasteiger charge is -2.11. The van der Waals surface area contributed by atoms with Crippen molar-refractivity contribution in [2.24, 2.45) is 0 Å². The van der Waals surface area contributed by atoms with Crippen LogP contribution in [0.1, 0.15) is 30.1 Å². The molecule has 1 N–H and O–H groups in total. The standard InChI is InChI=1S/C20H20N2O4S/c1-2-3-13-26-20(23)15-7-9-17(10-8-15)22-27(24,25)19-6-4-5-16-14-21-12-11-18(16)19/h4-12,14,22H,2-3,13H2,1H3. The molecular formula is C20H20N2O4S. The van der Waals surface area contributed by atoms with Crippen LogP contribution in [-0.2, 0) is 14.8 Å². The van der Waals surface area contributed by atoms with Crippen LogP contribution in [-0.4, -0.2) is 26.0 Å². The average molecular weight is 384 g/mol. The summed E-state index contributed by atoms with van der Waals surface area (Å²) in [5.74, 6) is -0.417. The molecule has 140 valence electrons. The summed E-state index contributed by atoms with van der Waals surface area (Å²) in [4.78, 5) is 16.1. The number of carbonyl (C=O) groups is 1. The first-order valence-electron chi connectivity index (χ1n) is 8.64. The van der Waals surface area contributed by atoms with Gasteiger partial charge in [-0.2, -0.15) is 0 Å². The van der Waals surface area contributed by atoms with E-state index in [9.17, 15) is 13.2 Å². The van der Waals surface area contributed by atoms with Gasteiger partial charge >= 0.3 is 5.97 Å². The fraction of sp³-hybridized carbons (Fsp3) is 0.200. The van der Waals surface area contributed by atoms with E-state index in [2.05, 4.69) is 9.71 Å². The molecule has 1 aromatic heterocycles. The highest BCUT2D eigenvalue weighted by Gasteiger charge is 2.17. The molecular weight excluding hydrogens is 364 g/mol. The van der Waals surface area contributed by atoms with Crippen LogP contribution in [0.5, 0.6) is 0 Å². The van der Waals surface area contributed by atoms with Gasteiger partial charge in [-0.3, -0.25) is 9.71 Å². The topological polar surface area (TPSA) is 85.4 Å². The molecule has 0 aliphatic heterocycles. The van der Waals surface area contributed by atoms with Crippen molar-refractivity contribution < 1.29 is 17.9 Å². The van der Waals surface area contributed by atoms with Gasteiger partial charge in [0.15, 0.2) is 0 Å². The first-order valence-corrected chi connectivity index (χ1v) is 10.1. The Morgan fingerprint density at radius 1 is 1.11 bits per heavy atom. The summed E-state index contributed by atoms with van der Waals surface area (Å²) in [7, 11) is -3.78. The van der Waals surface area contributed by atoms with Gasteiger partial charge in [0, 0.05) is 28.9 Å². The highest BCUT2D eigenvalue weighted by molar-refractivity contribution is 7.93. The Morgan fingerprint density at radius 2 is 1.89 bits per heavy atom. The highest BCUT2D eigenvalue weighted by Crippen LogP contribution is 2.24. The molecule has 0 saturated carbocycles. The molecule has 6 nitrogen and oxygen atoms in total. The molecule has 0 fully saturated rings. The zero-order chi connectivity index (χ0) is 19.3. The summed E-state index contributed by atoms with van der Waals surface area (Å²) in [6.45, 7) is 2.39. The zero-order valence-corrected chi connectivity index (χ0v) is 15.7. The molecule has 0 amide bonds. The Kier molecular flexibility index (Phi) is 5.71. The minimum atomic E-state index is -3.78. The van der Waals surface area contributed by atoms with Crippen molar-refractivity contribution in [3.63, 3.8) is 0 Å². The lowest BCUT2D eigenvalue weighted by Crippen LogP contribution is -2.13. The summed E-state index contributed by atoms with van der Waals surface area (Å²) in [5, 5.41) is 1.33. The summed E-state index contributed by atoms with van der Waals surface area (Å²) < 4.78 is 33.3. The molecule has 0 spiro atoms. The van der Waals surface area contributed by atoms with E-state index in [1.807, 2.05) is 6.92 Å². The Labute approximate surface area is 158 Å². The molecule has 27 heavy (non-hydrogen) atoms. The summed E-state index contributed by atoms with van der Waals surface area (Å²) in [5.41, 5.74) is 0.747. The van der Waals surface area contributed by atoms with Gasteiger partial charge in [0.05, 0.1) is 17.1 Å². The molecule has 7 heteroatoms. The van der Waals surface area contributed by atoms with Crippen LogP contribution in [0, 0.1) is 0 Å². The SMILES string of the molecule is CCCCOC(=O)c1ccc(NS(=O)(=O)c2cccc3cnccc23)cc1. The van der Waals surface area contributed by atoms with Crippen molar-refractivity contribution in [1.29, 1.82) is 0 Å². The number of carbonyl (C=O) groups excluding carboxylic acids is 1. The van der Waals surface area contributed by atoms with E-state index < -0.39 is 16.0 Å². The molecule has 2 aromatic carbocycles. The highest BCUT2D eigenvalue weighted by atomic mass is 32.2. The number of anilines is 1. The number of hydrogen-bond donors (Lipinski definition) is 1. The number of nitrogens with one attached hydrogen (secondary N) is 1. The van der Waals surface area contributed by atoms with Crippen LogP contribution in [0.3, 0.4) is 0 Å². The molecule has 0 aliphatic rings. The third-order valence-electron chi connectivity index (χ3n) is 4.03. The second kappa shape index (κ2) is 8.18. The molecule has 3 aromatic rings. The maximum absolute atomic E-state index is 12.8. The van der Waals surface area contributed by atoms with Gasteiger partial charge in [0.25, 0.3) is 10.0 Å². The zero-order valence-electron chi connectivity index (χ0n) is 14.9. The maximum atomic E-state index is 12.8. The van der Waals surface area contributed by atoms with Crippen molar-refractivity contribution in [3.05, 3.63) is 66.5 Å². The number of benzene rings is 2. The Morgan fingerprint density at radius 3 is 2.63 bits per heavy atom. The molecule has 0 atom stereocenters. The molecule has 3 rings (SSSR count). The molecule has 0 radical (unpaired) electrons. The molecule has 0 aliphatic carbocycles. The van der Waals surface area contributed by atoms with Crippen LogP contribution in [0.2, 0.25) is 0 Å². The Balaban J connectivity index is 1.79. The van der Waals surface area contributed by atoms with Crippen molar-refractivity contribution in [2.45, 2.75) is 24.7 Å². The second-order valence-corrected chi connectivity index (χ2v) is 7.68. The second-order valence-electron chi connectivity index (χ2n) is 6.03. The molecule has 1 heterocycles. The number of fused-ring (bicyclic) bond motifs is 1. The quantitative estimate of drug-likeness (QED) is 0.492. The Hall–Kier alpha value is -2.93. The van der Waals surface area contributed by atoms with Gasteiger partial charge < -0.3 is 4.74 Å². The van der Waals surface area contributed by atoms with Crippen molar-refractivity contribution in [2.75, 3.05) is 11.3 Å². The monoisotopic (exact) mass is 384 g/mol. The van der Waals surface area contributed by atoms with Gasteiger partial charge in [-0.05, 0) is 42.8 Å². The fourth-order valence-corrected chi connectivity index (χ4v) is 3.89. The smallest absolute Gasteiger partial charge is 0.338 e. The van der Waals surface area contributed by atoms with Crippen LogP contribution >= 0.6 is 0 Å². The van der Waals surface area contributed by atoms with Crippen LogP contribution in [0.4, 0.5) is 5.69 Å². The predicted octanol–water partition coefficient (Wildman–Crippen LogP) is 3.99. The minimum Gasteiger partial charge on any atom is -0.462 e. The van der Waals surface area contributed by atoms with E-state index in [-0.39, 0.29) is 4.90 Å². The van der Waals surface area contributed by atoms with E-state index in [0.29, 0.717) is 23.2 Å². The average Bonchev–Trinajstić information content (AvgIpc) is 2.68. The van der Waals surface area contributed by atoms with Gasteiger partial charge in [0.2, 0.25) is 0 Å². The normalized spacial score (nSPS) is 11.3. The van der Waals surface area contributed by atoms with E-state index in [0.717, 1.165) is 18.2 Å². The number of nitrogens with zero attached hydrogens (tertiary/aromatic N) is 1. The van der Waals surface area contributed by atoms with E-state index in [4.69, 9.17) is 4.74 Å². The van der Waals surface area contributed by atoms with Gasteiger partial charge in [0.1, 0.15) is 0 Å². The first-order chi connectivity index (χ1) is 13.0. The number of esters is 1. The molecule has 0 bridgehead atoms. The van der Waals surface area contributed by atoms with Crippen molar-refractivity contribution in [3.8, 4) is 0 Å². The lowest BCUT2D eigenvalue weighted by molar-refractivity contribution is 0.0500. The van der Waals surface area contributed by atoms with Crippen LogP contribution in [0.15, 0.2) is 65.8 Å². The number of ether oxygens (including phenoxy) is 1. The van der Waals surface area contributed by atoms with E-state index in [1.165, 1.54) is 0 Å². The predicted molar refractivity (Wildman–Crippen MR) is 104 cm³/mol. The number of sulfonamides is 1. The van der Waals surface area contributed by atoms with Gasteiger partial charge in [-0.15, -0.1) is 0 Å². The lowest BCUT2D eigenvalue weighted by atomic mass is 10.2. The Bertz CT molecular complexity index is 1040. The largest absolute Gasteiger partial charge is 0.462 e. The molecule has 0 unspecified atom stereocenters. The molecule has 0 saturated heterocycles. The maximum Gasteiger partial charge on any atom is 0.338 e. The summed E-state index contributed by atoms with van der Waals surface area (Å²) in [6.07, 6.45) is 4.93. The summed E-state index contributed by atoms with van der Waals surface area (Å²) >= 11 is 0. The number of hydrogen-bond acceptors (Lipinski definition) is 5. The van der Waals surface area contributed by atoms with Crippen LogP contribution in [0.25, 0.3) is 10.8 Å². The van der Waals surface area contributed by atoms with Gasteiger partial charge in [-0.1, -0.05) is 25.5 Å². The summed E-state index contributed by atoms with van der Waals surface area (Å²) in [6, 6.07) is 12.9. The van der Waals surface area contributed by atoms with Crippen molar-refractivity contribution in [1.82, 2.24) is 4.98 Å². The number of pyridine rings is 1. The van der Waals surface area contributed by atoms with E-state index >= 15 is 0 Å². The van der Waals surface area contributed by atoms with E-state index in [1.54, 1.807) is 60.9 Å². The number of unbranched alkanes of at least 4 members (excludes halogenated alkanes) is 1. The third-order valence-corrected chi connectivity index (χ3v) is 5.47. The first kappa shape index (κ1) is 18.8. The van der Waals surface area contributed by atoms with Gasteiger partial charge in [-0.25, -0.2) is 13.2 Å². The van der Waals surface area contributed by atoms with Crippen molar-refractivity contribution >= 4 is 32.5 Å². The number of aromatic nitrogens is 1. The number of rotatable bonds is 7. The minimum absolute atomic E-state index is 0.172. The fourth-order valence-electron chi connectivity index (χ4n) is 2.60.